The maximum Gasteiger partial charge on any atom is 0.332 e. The molecule has 6 heteroatoms. The van der Waals surface area contributed by atoms with Crippen LogP contribution >= 0.6 is 0 Å². The third-order valence-corrected chi connectivity index (χ3v) is 3.17. The van der Waals surface area contributed by atoms with E-state index in [-0.39, 0.29) is 11.8 Å². The minimum atomic E-state index is -0.923. The Morgan fingerprint density at radius 3 is 2.78 bits per heavy atom. The van der Waals surface area contributed by atoms with Crippen molar-refractivity contribution in [2.75, 3.05) is 0 Å². The maximum absolute atomic E-state index is 11.9. The Bertz CT molecular complexity index is 477. The maximum atomic E-state index is 11.9. The molecule has 1 saturated heterocycles. The van der Waals surface area contributed by atoms with Crippen molar-refractivity contribution in [2.45, 2.75) is 51.5 Å². The SMILES string of the molecule is CCCn1ccn(CC2CCC(C(=O)O)O2)c1=O. The van der Waals surface area contributed by atoms with E-state index in [9.17, 15) is 9.59 Å². The molecule has 1 aliphatic rings. The third kappa shape index (κ3) is 2.64. The molecule has 1 aromatic rings. The lowest BCUT2D eigenvalue weighted by molar-refractivity contribution is -0.149. The first kappa shape index (κ1) is 12.9. The van der Waals surface area contributed by atoms with E-state index in [0.29, 0.717) is 25.9 Å². The van der Waals surface area contributed by atoms with Gasteiger partial charge in [0, 0.05) is 18.9 Å². The van der Waals surface area contributed by atoms with Crippen LogP contribution in [-0.4, -0.2) is 32.4 Å². The number of hydrogen-bond acceptors (Lipinski definition) is 3. The Kier molecular flexibility index (Phi) is 3.86. The van der Waals surface area contributed by atoms with Crippen LogP contribution in [0, 0.1) is 0 Å². The first-order valence-corrected chi connectivity index (χ1v) is 6.25. The fourth-order valence-electron chi connectivity index (χ4n) is 2.24. The molecule has 0 aromatic carbocycles. The van der Waals surface area contributed by atoms with Crippen molar-refractivity contribution in [2.24, 2.45) is 0 Å². The highest BCUT2D eigenvalue weighted by Crippen LogP contribution is 2.20. The summed E-state index contributed by atoms with van der Waals surface area (Å²) >= 11 is 0. The molecule has 0 saturated carbocycles. The van der Waals surface area contributed by atoms with Crippen molar-refractivity contribution in [3.63, 3.8) is 0 Å². The molecule has 2 rings (SSSR count). The number of aryl methyl sites for hydroxylation is 1. The normalized spacial score (nSPS) is 23.4. The van der Waals surface area contributed by atoms with E-state index < -0.39 is 12.1 Å². The zero-order valence-electron chi connectivity index (χ0n) is 10.4. The quantitative estimate of drug-likeness (QED) is 0.839. The highest BCUT2D eigenvalue weighted by atomic mass is 16.5. The monoisotopic (exact) mass is 254 g/mol. The van der Waals surface area contributed by atoms with E-state index in [4.69, 9.17) is 9.84 Å². The van der Waals surface area contributed by atoms with Gasteiger partial charge in [0.1, 0.15) is 0 Å². The standard InChI is InChI=1S/C12H18N2O4/c1-2-5-13-6-7-14(12(13)17)8-9-3-4-10(18-9)11(15)16/h6-7,9-10H,2-5,8H2,1H3,(H,15,16). The lowest BCUT2D eigenvalue weighted by atomic mass is 10.2. The van der Waals surface area contributed by atoms with Gasteiger partial charge in [0.15, 0.2) is 6.10 Å². The number of aromatic nitrogens is 2. The summed E-state index contributed by atoms with van der Waals surface area (Å²) in [4.78, 5) is 22.7. The van der Waals surface area contributed by atoms with Crippen LogP contribution in [0.5, 0.6) is 0 Å². The second-order valence-electron chi connectivity index (χ2n) is 4.59. The number of carboxylic acid groups (broad SMARTS) is 1. The number of carbonyl (C=O) groups is 1. The molecule has 0 bridgehead atoms. The van der Waals surface area contributed by atoms with Gasteiger partial charge >= 0.3 is 11.7 Å². The predicted octanol–water partition coefficient (Wildman–Crippen LogP) is 0.692. The van der Waals surface area contributed by atoms with Gasteiger partial charge in [-0.1, -0.05) is 6.92 Å². The number of ether oxygens (including phenoxy) is 1. The fourth-order valence-corrected chi connectivity index (χ4v) is 2.24. The molecule has 2 heterocycles. The fraction of sp³-hybridized carbons (Fsp3) is 0.667. The van der Waals surface area contributed by atoms with E-state index in [1.807, 2.05) is 6.92 Å². The van der Waals surface area contributed by atoms with Gasteiger partial charge in [-0.25, -0.2) is 9.59 Å². The van der Waals surface area contributed by atoms with Gasteiger partial charge in [0.25, 0.3) is 0 Å². The molecule has 18 heavy (non-hydrogen) atoms. The number of imidazole rings is 1. The zero-order chi connectivity index (χ0) is 13.1. The lowest BCUT2D eigenvalue weighted by Gasteiger charge is -2.11. The summed E-state index contributed by atoms with van der Waals surface area (Å²) in [7, 11) is 0. The number of aliphatic carboxylic acids is 1. The van der Waals surface area contributed by atoms with Crippen molar-refractivity contribution >= 4 is 5.97 Å². The largest absolute Gasteiger partial charge is 0.479 e. The summed E-state index contributed by atoms with van der Waals surface area (Å²) in [6, 6.07) is 0. The molecule has 2 atom stereocenters. The zero-order valence-corrected chi connectivity index (χ0v) is 10.4. The van der Waals surface area contributed by atoms with Gasteiger partial charge in [-0.05, 0) is 19.3 Å². The first-order valence-electron chi connectivity index (χ1n) is 6.25. The highest BCUT2D eigenvalue weighted by Gasteiger charge is 2.30. The van der Waals surface area contributed by atoms with Gasteiger partial charge in [-0.15, -0.1) is 0 Å². The Labute approximate surface area is 105 Å². The molecular formula is C12H18N2O4. The molecule has 1 aromatic heterocycles. The van der Waals surface area contributed by atoms with Crippen molar-refractivity contribution < 1.29 is 14.6 Å². The molecule has 0 aliphatic carbocycles. The predicted molar refractivity (Wildman–Crippen MR) is 64.5 cm³/mol. The lowest BCUT2D eigenvalue weighted by Crippen LogP contribution is -2.29. The van der Waals surface area contributed by atoms with Gasteiger partial charge in [-0.2, -0.15) is 0 Å². The second-order valence-corrected chi connectivity index (χ2v) is 4.59. The molecule has 1 fully saturated rings. The van der Waals surface area contributed by atoms with E-state index in [1.54, 1.807) is 21.5 Å². The van der Waals surface area contributed by atoms with Crippen molar-refractivity contribution in [1.82, 2.24) is 9.13 Å². The first-order chi connectivity index (χ1) is 8.61. The van der Waals surface area contributed by atoms with Crippen LogP contribution in [-0.2, 0) is 22.6 Å². The van der Waals surface area contributed by atoms with Crippen molar-refractivity contribution in [1.29, 1.82) is 0 Å². The van der Waals surface area contributed by atoms with E-state index in [0.717, 1.165) is 6.42 Å². The number of rotatable bonds is 5. The van der Waals surface area contributed by atoms with Gasteiger partial charge < -0.3 is 9.84 Å². The molecular weight excluding hydrogens is 236 g/mol. The van der Waals surface area contributed by atoms with Gasteiger partial charge in [0.05, 0.1) is 12.6 Å². The van der Waals surface area contributed by atoms with Crippen LogP contribution < -0.4 is 5.69 Å². The van der Waals surface area contributed by atoms with Crippen molar-refractivity contribution in [3.8, 4) is 0 Å². The van der Waals surface area contributed by atoms with Crippen LogP contribution in [0.3, 0.4) is 0 Å². The summed E-state index contributed by atoms with van der Waals surface area (Å²) in [6.45, 7) is 3.15. The number of hydrogen-bond donors (Lipinski definition) is 1. The van der Waals surface area contributed by atoms with E-state index in [1.165, 1.54) is 0 Å². The van der Waals surface area contributed by atoms with Crippen LogP contribution in [0.4, 0.5) is 0 Å². The molecule has 1 N–H and O–H groups in total. The van der Waals surface area contributed by atoms with Crippen LogP contribution in [0.2, 0.25) is 0 Å². The Balaban J connectivity index is 1.98. The third-order valence-electron chi connectivity index (χ3n) is 3.17. The van der Waals surface area contributed by atoms with E-state index >= 15 is 0 Å². The van der Waals surface area contributed by atoms with Crippen molar-refractivity contribution in [3.05, 3.63) is 22.9 Å². The van der Waals surface area contributed by atoms with Gasteiger partial charge in [0.2, 0.25) is 0 Å². The van der Waals surface area contributed by atoms with E-state index in [2.05, 4.69) is 0 Å². The summed E-state index contributed by atoms with van der Waals surface area (Å²) in [5.41, 5.74) is -0.0563. The molecule has 0 radical (unpaired) electrons. The Hall–Kier alpha value is -1.56. The molecule has 1 aliphatic heterocycles. The average Bonchev–Trinajstić information content (AvgIpc) is 2.91. The smallest absolute Gasteiger partial charge is 0.332 e. The van der Waals surface area contributed by atoms with Crippen LogP contribution in [0.25, 0.3) is 0 Å². The topological polar surface area (TPSA) is 73.5 Å². The minimum absolute atomic E-state index is 0.0563. The Morgan fingerprint density at radius 2 is 2.17 bits per heavy atom. The summed E-state index contributed by atoms with van der Waals surface area (Å²) in [6.07, 6.45) is 4.70. The molecule has 0 spiro atoms. The molecule has 6 nitrogen and oxygen atoms in total. The molecule has 100 valence electrons. The Morgan fingerprint density at radius 1 is 1.44 bits per heavy atom. The second kappa shape index (κ2) is 5.39. The number of carboxylic acids is 1. The number of nitrogens with zero attached hydrogens (tertiary/aromatic N) is 2. The molecule has 2 unspecified atom stereocenters. The highest BCUT2D eigenvalue weighted by molar-refractivity contribution is 5.72. The van der Waals surface area contributed by atoms with Gasteiger partial charge in [-0.3, -0.25) is 9.13 Å². The van der Waals surface area contributed by atoms with Crippen LogP contribution in [0.1, 0.15) is 26.2 Å². The summed E-state index contributed by atoms with van der Waals surface area (Å²) in [5.74, 6) is -0.923. The average molecular weight is 254 g/mol. The summed E-state index contributed by atoms with van der Waals surface area (Å²) in [5, 5.41) is 8.83. The minimum Gasteiger partial charge on any atom is -0.479 e. The summed E-state index contributed by atoms with van der Waals surface area (Å²) < 4.78 is 8.63. The van der Waals surface area contributed by atoms with Crippen LogP contribution in [0.15, 0.2) is 17.2 Å². The molecule has 0 amide bonds.